The zero-order valence-corrected chi connectivity index (χ0v) is 21.1. The van der Waals surface area contributed by atoms with Crippen LogP contribution in [-0.2, 0) is 10.0 Å². The van der Waals surface area contributed by atoms with Gasteiger partial charge in [0.1, 0.15) is 17.3 Å². The van der Waals surface area contributed by atoms with Gasteiger partial charge in [-0.3, -0.25) is 4.90 Å². The van der Waals surface area contributed by atoms with Crippen LogP contribution in [0.15, 0.2) is 47.4 Å². The highest BCUT2D eigenvalue weighted by Crippen LogP contribution is 2.36. The fraction of sp³-hybridized carbons (Fsp3) is 0.440. The molecule has 0 spiro atoms. The summed E-state index contributed by atoms with van der Waals surface area (Å²) in [5.74, 6) is -0.220. The topological polar surface area (TPSA) is 54.8 Å². The van der Waals surface area contributed by atoms with Gasteiger partial charge in [0, 0.05) is 38.1 Å². The lowest BCUT2D eigenvalue weighted by molar-refractivity contribution is 0.145. The molecule has 0 atom stereocenters. The molecule has 0 saturated carbocycles. The molecule has 2 heterocycles. The van der Waals surface area contributed by atoms with Gasteiger partial charge in [-0.05, 0) is 47.9 Å². The van der Waals surface area contributed by atoms with E-state index < -0.39 is 28.0 Å². The first kappa shape index (κ1) is 25.4. The van der Waals surface area contributed by atoms with Crippen molar-refractivity contribution in [2.24, 2.45) is 5.41 Å². The minimum atomic E-state index is -4.46. The van der Waals surface area contributed by atoms with Crippen molar-refractivity contribution < 1.29 is 26.3 Å². The molecule has 1 fully saturated rings. The van der Waals surface area contributed by atoms with Crippen molar-refractivity contribution in [3.63, 3.8) is 0 Å². The van der Waals surface area contributed by atoms with Crippen LogP contribution in [-0.4, -0.2) is 57.1 Å². The molecule has 2 aromatic carbocycles. The van der Waals surface area contributed by atoms with Crippen molar-refractivity contribution >= 4 is 26.6 Å². The Morgan fingerprint density at radius 2 is 1.69 bits per heavy atom. The number of piperazine rings is 1. The number of hydrogen-bond acceptors (Lipinski definition) is 5. The number of ether oxygens (including phenoxy) is 1. The Balaban J connectivity index is 1.74. The minimum Gasteiger partial charge on any atom is -0.495 e. The van der Waals surface area contributed by atoms with Gasteiger partial charge in [0.15, 0.2) is 0 Å². The Hall–Kier alpha value is -2.72. The molecule has 190 valence electrons. The number of anilines is 1. The van der Waals surface area contributed by atoms with E-state index in [1.165, 1.54) is 31.4 Å². The molecule has 0 amide bonds. The second-order valence-corrected chi connectivity index (χ2v) is 11.8. The van der Waals surface area contributed by atoms with Gasteiger partial charge in [0.05, 0.1) is 23.2 Å². The highest BCUT2D eigenvalue weighted by molar-refractivity contribution is 7.90. The summed E-state index contributed by atoms with van der Waals surface area (Å²) in [5.41, 5.74) is -0.104. The Morgan fingerprint density at radius 3 is 2.29 bits per heavy atom. The molecule has 1 saturated heterocycles. The summed E-state index contributed by atoms with van der Waals surface area (Å²) in [6.07, 6.45) is -3.06. The molecule has 0 aliphatic carbocycles. The van der Waals surface area contributed by atoms with Gasteiger partial charge >= 0.3 is 0 Å². The number of nitrogens with zero attached hydrogens (tertiary/aromatic N) is 3. The second kappa shape index (κ2) is 9.39. The third-order valence-corrected chi connectivity index (χ3v) is 7.81. The van der Waals surface area contributed by atoms with E-state index >= 15 is 0 Å². The number of halogens is 3. The van der Waals surface area contributed by atoms with Crippen LogP contribution in [0.5, 0.6) is 5.75 Å². The molecule has 6 nitrogen and oxygen atoms in total. The smallest absolute Gasteiger partial charge is 0.279 e. The lowest BCUT2D eigenvalue weighted by Gasteiger charge is -2.39. The van der Waals surface area contributed by atoms with E-state index in [2.05, 4.69) is 25.7 Å². The van der Waals surface area contributed by atoms with E-state index in [4.69, 9.17) is 4.74 Å². The average Bonchev–Trinajstić information content (AvgIpc) is 3.18. The van der Waals surface area contributed by atoms with Crippen LogP contribution in [0.2, 0.25) is 0 Å². The largest absolute Gasteiger partial charge is 0.495 e. The number of rotatable bonds is 6. The number of hydrogen-bond donors (Lipinski definition) is 0. The van der Waals surface area contributed by atoms with Gasteiger partial charge in [0.25, 0.3) is 16.4 Å². The maximum atomic E-state index is 13.9. The van der Waals surface area contributed by atoms with Crippen molar-refractivity contribution in [1.82, 2.24) is 8.87 Å². The SMILES string of the molecule is COc1ccc(S(=O)(=O)n2c(C(F)F)cc3ccc(F)cc32)cc1N1CCN(CC(C)(C)C)CC1. The van der Waals surface area contributed by atoms with Crippen LogP contribution < -0.4 is 9.64 Å². The number of methoxy groups -OCH3 is 1. The highest BCUT2D eigenvalue weighted by Gasteiger charge is 2.30. The normalized spacial score (nSPS) is 15.8. The van der Waals surface area contributed by atoms with Crippen LogP contribution >= 0.6 is 0 Å². The summed E-state index contributed by atoms with van der Waals surface area (Å²) in [6.45, 7) is 10.4. The summed E-state index contributed by atoms with van der Waals surface area (Å²) in [5, 5.41) is 0.217. The lowest BCUT2D eigenvalue weighted by Crippen LogP contribution is -2.48. The van der Waals surface area contributed by atoms with Crippen LogP contribution in [0, 0.1) is 11.2 Å². The van der Waals surface area contributed by atoms with Crippen LogP contribution in [0.1, 0.15) is 32.9 Å². The molecule has 1 aliphatic rings. The summed E-state index contributed by atoms with van der Waals surface area (Å²) in [4.78, 5) is 4.23. The van der Waals surface area contributed by atoms with Gasteiger partial charge in [-0.25, -0.2) is 25.6 Å². The summed E-state index contributed by atoms with van der Waals surface area (Å²) in [6, 6.07) is 8.74. The zero-order valence-electron chi connectivity index (χ0n) is 20.3. The molecule has 3 aromatic rings. The maximum absolute atomic E-state index is 13.9. The van der Waals surface area contributed by atoms with Crippen LogP contribution in [0.25, 0.3) is 10.9 Å². The van der Waals surface area contributed by atoms with E-state index in [0.717, 1.165) is 37.8 Å². The number of fused-ring (bicyclic) bond motifs is 1. The van der Waals surface area contributed by atoms with Crippen molar-refractivity contribution in [2.45, 2.75) is 32.1 Å². The van der Waals surface area contributed by atoms with Crippen molar-refractivity contribution in [3.05, 3.63) is 54.0 Å². The van der Waals surface area contributed by atoms with E-state index in [1.54, 1.807) is 0 Å². The molecular formula is C25H30F3N3O3S. The Kier molecular flexibility index (Phi) is 6.80. The van der Waals surface area contributed by atoms with Crippen molar-refractivity contribution in [2.75, 3.05) is 44.7 Å². The molecule has 35 heavy (non-hydrogen) atoms. The van der Waals surface area contributed by atoms with E-state index in [-0.39, 0.29) is 21.2 Å². The van der Waals surface area contributed by atoms with Gasteiger partial charge in [0.2, 0.25) is 0 Å². The van der Waals surface area contributed by atoms with Gasteiger partial charge in [-0.2, -0.15) is 0 Å². The molecule has 4 rings (SSSR count). The molecule has 0 radical (unpaired) electrons. The lowest BCUT2D eigenvalue weighted by atomic mass is 9.96. The first-order valence-electron chi connectivity index (χ1n) is 11.4. The molecule has 0 N–H and O–H groups in total. The predicted molar refractivity (Wildman–Crippen MR) is 131 cm³/mol. The molecular weight excluding hydrogens is 479 g/mol. The van der Waals surface area contributed by atoms with Gasteiger partial charge < -0.3 is 9.64 Å². The number of alkyl halides is 2. The van der Waals surface area contributed by atoms with Crippen LogP contribution in [0.4, 0.5) is 18.9 Å². The minimum absolute atomic E-state index is 0.131. The highest BCUT2D eigenvalue weighted by atomic mass is 32.2. The molecule has 0 bridgehead atoms. The molecule has 0 unspecified atom stereocenters. The third kappa shape index (κ3) is 5.13. The Bertz CT molecular complexity index is 1320. The van der Waals surface area contributed by atoms with E-state index in [1.807, 2.05) is 4.90 Å². The second-order valence-electron chi connectivity index (χ2n) is 10.00. The van der Waals surface area contributed by atoms with E-state index in [0.29, 0.717) is 28.5 Å². The third-order valence-electron chi connectivity index (χ3n) is 6.07. The van der Waals surface area contributed by atoms with Crippen LogP contribution in [0.3, 0.4) is 0 Å². The molecule has 1 aromatic heterocycles. The standard InChI is InChI=1S/C25H30F3N3O3S/c1-25(2,3)16-29-9-11-30(12-10-29)21-15-19(7-8-23(21)34-4)35(32,33)31-20-14-18(26)6-5-17(20)13-22(31)24(27)28/h5-8,13-15,24H,9-12,16H2,1-4H3. The average molecular weight is 510 g/mol. The zero-order chi connectivity index (χ0) is 25.5. The summed E-state index contributed by atoms with van der Waals surface area (Å²) in [7, 11) is -2.96. The fourth-order valence-corrected chi connectivity index (χ4v) is 6.13. The fourth-order valence-electron chi connectivity index (χ4n) is 4.59. The Morgan fingerprint density at radius 1 is 1.00 bits per heavy atom. The van der Waals surface area contributed by atoms with Gasteiger partial charge in [-0.15, -0.1) is 0 Å². The first-order valence-corrected chi connectivity index (χ1v) is 12.8. The van der Waals surface area contributed by atoms with E-state index in [9.17, 15) is 21.6 Å². The molecule has 10 heteroatoms. The Labute approximate surface area is 203 Å². The quantitative estimate of drug-likeness (QED) is 0.461. The van der Waals surface area contributed by atoms with Gasteiger partial charge in [-0.1, -0.05) is 20.8 Å². The summed E-state index contributed by atoms with van der Waals surface area (Å²) < 4.78 is 74.9. The number of benzene rings is 2. The predicted octanol–water partition coefficient (Wildman–Crippen LogP) is 5.13. The molecule has 1 aliphatic heterocycles. The monoisotopic (exact) mass is 509 g/mol. The first-order chi connectivity index (χ1) is 16.4. The van der Waals surface area contributed by atoms with Crippen molar-refractivity contribution in [1.29, 1.82) is 0 Å². The maximum Gasteiger partial charge on any atom is 0.279 e. The number of aromatic nitrogens is 1. The van der Waals surface area contributed by atoms with Crippen molar-refractivity contribution in [3.8, 4) is 5.75 Å². The summed E-state index contributed by atoms with van der Waals surface area (Å²) >= 11 is 0.